The first-order chi connectivity index (χ1) is 12.0. The highest BCUT2D eigenvalue weighted by atomic mass is 79.9. The predicted molar refractivity (Wildman–Crippen MR) is 107 cm³/mol. The molecule has 0 fully saturated rings. The number of hydrogen-bond acceptors (Lipinski definition) is 3. The molecule has 124 valence electrons. The molecule has 0 radical (unpaired) electrons. The Hall–Kier alpha value is -1.93. The van der Waals surface area contributed by atoms with Crippen LogP contribution < -0.4 is 0 Å². The van der Waals surface area contributed by atoms with Gasteiger partial charge in [-0.25, -0.2) is 0 Å². The molecule has 1 aromatic heterocycles. The number of allylic oxidation sites excluding steroid dienone is 1. The van der Waals surface area contributed by atoms with Gasteiger partial charge in [0.1, 0.15) is 5.76 Å². The molecular formula is C20H13BrClNOS. The van der Waals surface area contributed by atoms with Crippen molar-refractivity contribution in [1.82, 2.24) is 0 Å². The van der Waals surface area contributed by atoms with E-state index in [4.69, 9.17) is 16.0 Å². The van der Waals surface area contributed by atoms with Crippen LogP contribution in [0, 0.1) is 18.3 Å². The molecule has 25 heavy (non-hydrogen) atoms. The minimum absolute atomic E-state index is 0.560. The Balaban J connectivity index is 1.87. The molecule has 2 nitrogen and oxygen atoms in total. The molecule has 0 amide bonds. The van der Waals surface area contributed by atoms with Gasteiger partial charge in [-0.2, -0.15) is 5.26 Å². The van der Waals surface area contributed by atoms with Gasteiger partial charge < -0.3 is 4.42 Å². The van der Waals surface area contributed by atoms with Gasteiger partial charge in [0.25, 0.3) is 0 Å². The van der Waals surface area contributed by atoms with Crippen LogP contribution in [0.1, 0.15) is 16.9 Å². The topological polar surface area (TPSA) is 36.9 Å². The van der Waals surface area contributed by atoms with Crippen LogP contribution in [0.3, 0.4) is 0 Å². The van der Waals surface area contributed by atoms with Crippen molar-refractivity contribution in [2.45, 2.75) is 16.9 Å². The van der Waals surface area contributed by atoms with E-state index in [-0.39, 0.29) is 0 Å². The summed E-state index contributed by atoms with van der Waals surface area (Å²) in [5, 5.41) is 10.9. The van der Waals surface area contributed by atoms with Crippen molar-refractivity contribution < 1.29 is 4.42 Å². The van der Waals surface area contributed by atoms with Gasteiger partial charge in [0, 0.05) is 9.92 Å². The van der Waals surface area contributed by atoms with E-state index in [1.165, 1.54) is 11.8 Å². The summed E-state index contributed by atoms with van der Waals surface area (Å²) < 4.78 is 6.73. The van der Waals surface area contributed by atoms with E-state index in [0.717, 1.165) is 25.6 Å². The lowest BCUT2D eigenvalue weighted by molar-refractivity contribution is 0.463. The van der Waals surface area contributed by atoms with Crippen molar-refractivity contribution in [3.05, 3.63) is 81.0 Å². The van der Waals surface area contributed by atoms with Gasteiger partial charge in [-0.1, -0.05) is 53.2 Å². The van der Waals surface area contributed by atoms with E-state index in [1.807, 2.05) is 61.5 Å². The SMILES string of the molecule is Cc1ccc(/C(C#N)=C\c2cc(Br)c(Sc3ccc(Cl)cc3)o2)cc1. The van der Waals surface area contributed by atoms with Gasteiger partial charge in [0.05, 0.1) is 16.1 Å². The molecule has 1 heterocycles. The largest absolute Gasteiger partial charge is 0.449 e. The predicted octanol–water partition coefficient (Wildman–Crippen LogP) is 7.22. The van der Waals surface area contributed by atoms with Gasteiger partial charge in [0.2, 0.25) is 0 Å². The Morgan fingerprint density at radius 3 is 2.48 bits per heavy atom. The molecule has 3 aromatic rings. The third-order valence-electron chi connectivity index (χ3n) is 3.47. The maximum Gasteiger partial charge on any atom is 0.179 e. The van der Waals surface area contributed by atoms with E-state index in [2.05, 4.69) is 22.0 Å². The summed E-state index contributed by atoms with van der Waals surface area (Å²) in [4.78, 5) is 1.02. The summed E-state index contributed by atoms with van der Waals surface area (Å²) in [6, 6.07) is 19.5. The van der Waals surface area contributed by atoms with Crippen molar-refractivity contribution >= 4 is 50.9 Å². The van der Waals surface area contributed by atoms with Crippen LogP contribution in [0.4, 0.5) is 0 Å². The molecule has 2 aromatic carbocycles. The zero-order valence-corrected chi connectivity index (χ0v) is 16.5. The van der Waals surface area contributed by atoms with Crippen molar-refractivity contribution in [3.8, 4) is 6.07 Å². The number of furan rings is 1. The zero-order valence-electron chi connectivity index (χ0n) is 13.3. The van der Waals surface area contributed by atoms with Gasteiger partial charge in [-0.05, 0) is 64.8 Å². The van der Waals surface area contributed by atoms with Gasteiger partial charge in [-0.3, -0.25) is 0 Å². The summed E-state index contributed by atoms with van der Waals surface area (Å²) in [6.45, 7) is 2.02. The van der Waals surface area contributed by atoms with Crippen LogP contribution in [0.25, 0.3) is 11.6 Å². The summed E-state index contributed by atoms with van der Waals surface area (Å²) in [7, 11) is 0. The molecule has 3 rings (SSSR count). The number of aryl methyl sites for hydroxylation is 1. The van der Waals surface area contributed by atoms with E-state index in [0.29, 0.717) is 16.4 Å². The molecule has 0 unspecified atom stereocenters. The fraction of sp³-hybridized carbons (Fsp3) is 0.0500. The molecule has 0 saturated heterocycles. The Morgan fingerprint density at radius 2 is 1.84 bits per heavy atom. The summed E-state index contributed by atoms with van der Waals surface area (Å²) in [5.74, 6) is 0.625. The minimum atomic E-state index is 0.560. The third kappa shape index (κ3) is 4.58. The number of nitrogens with zero attached hydrogens (tertiary/aromatic N) is 1. The van der Waals surface area contributed by atoms with Gasteiger partial charge >= 0.3 is 0 Å². The maximum atomic E-state index is 9.46. The second-order valence-corrected chi connectivity index (χ2v) is 7.71. The molecule has 0 atom stereocenters. The van der Waals surface area contributed by atoms with Crippen molar-refractivity contribution in [2.75, 3.05) is 0 Å². The summed E-state index contributed by atoms with van der Waals surface area (Å²) in [6.07, 6.45) is 1.75. The molecule has 0 aliphatic rings. The number of hydrogen-bond donors (Lipinski definition) is 0. The smallest absolute Gasteiger partial charge is 0.179 e. The van der Waals surface area contributed by atoms with Crippen LogP contribution >= 0.6 is 39.3 Å². The highest BCUT2D eigenvalue weighted by molar-refractivity contribution is 9.10. The first-order valence-corrected chi connectivity index (χ1v) is 9.45. The molecule has 0 saturated carbocycles. The minimum Gasteiger partial charge on any atom is -0.449 e. The maximum absolute atomic E-state index is 9.46. The number of rotatable bonds is 4. The molecule has 0 bridgehead atoms. The monoisotopic (exact) mass is 429 g/mol. The molecular weight excluding hydrogens is 418 g/mol. The third-order valence-corrected chi connectivity index (χ3v) is 5.57. The quantitative estimate of drug-likeness (QED) is 0.410. The Bertz CT molecular complexity index is 953. The van der Waals surface area contributed by atoms with Crippen LogP contribution in [-0.2, 0) is 0 Å². The molecule has 0 aliphatic carbocycles. The standard InChI is InChI=1S/C20H13BrClNOS/c1-13-2-4-14(5-3-13)15(12-23)10-17-11-19(21)20(24-17)25-18-8-6-16(22)7-9-18/h2-11H,1H3/b15-10-. The van der Waals surface area contributed by atoms with Gasteiger partial charge in [-0.15, -0.1) is 0 Å². The average Bonchev–Trinajstić information content (AvgIpc) is 2.95. The fourth-order valence-corrected chi connectivity index (χ4v) is 3.63. The molecule has 0 spiro atoms. The Labute approximate surface area is 164 Å². The van der Waals surface area contributed by atoms with Crippen LogP contribution in [0.15, 0.2) is 73.5 Å². The number of nitriles is 1. The van der Waals surface area contributed by atoms with Crippen molar-refractivity contribution in [1.29, 1.82) is 5.26 Å². The Kier molecular flexibility index (Phi) is 5.70. The van der Waals surface area contributed by atoms with Crippen LogP contribution in [0.5, 0.6) is 0 Å². The average molecular weight is 431 g/mol. The molecule has 5 heteroatoms. The van der Waals surface area contributed by atoms with E-state index < -0.39 is 0 Å². The lowest BCUT2D eigenvalue weighted by atomic mass is 10.0. The van der Waals surface area contributed by atoms with Crippen molar-refractivity contribution in [3.63, 3.8) is 0 Å². The van der Waals surface area contributed by atoms with Crippen molar-refractivity contribution in [2.24, 2.45) is 0 Å². The highest BCUT2D eigenvalue weighted by Crippen LogP contribution is 2.37. The van der Waals surface area contributed by atoms with Crippen LogP contribution in [0.2, 0.25) is 5.02 Å². The lowest BCUT2D eigenvalue weighted by Gasteiger charge is -2.00. The van der Waals surface area contributed by atoms with E-state index >= 15 is 0 Å². The molecule has 0 N–H and O–H groups in total. The van der Waals surface area contributed by atoms with Crippen LogP contribution in [-0.4, -0.2) is 0 Å². The molecule has 0 aliphatic heterocycles. The zero-order chi connectivity index (χ0) is 17.8. The fourth-order valence-electron chi connectivity index (χ4n) is 2.18. The summed E-state index contributed by atoms with van der Waals surface area (Å²) in [5.41, 5.74) is 2.58. The number of halogens is 2. The van der Waals surface area contributed by atoms with Gasteiger partial charge in [0.15, 0.2) is 5.09 Å². The number of benzene rings is 2. The van der Waals surface area contributed by atoms with E-state index in [1.54, 1.807) is 6.08 Å². The summed E-state index contributed by atoms with van der Waals surface area (Å²) >= 11 is 10.9. The Morgan fingerprint density at radius 1 is 1.16 bits per heavy atom. The first kappa shape index (κ1) is 17.9. The highest BCUT2D eigenvalue weighted by Gasteiger charge is 2.11. The first-order valence-electron chi connectivity index (χ1n) is 7.47. The normalized spacial score (nSPS) is 11.4. The second-order valence-electron chi connectivity index (χ2n) is 5.38. The lowest BCUT2D eigenvalue weighted by Crippen LogP contribution is -1.81. The van der Waals surface area contributed by atoms with E-state index in [9.17, 15) is 5.26 Å². The second kappa shape index (κ2) is 7.97.